The molecule has 0 bridgehead atoms. The number of benzene rings is 1. The lowest BCUT2D eigenvalue weighted by Crippen LogP contribution is -2.64. The van der Waals surface area contributed by atoms with Crippen molar-refractivity contribution in [2.75, 3.05) is 31.2 Å². The third-order valence-electron chi connectivity index (χ3n) is 5.17. The molecule has 0 amide bonds. The van der Waals surface area contributed by atoms with Gasteiger partial charge in [0.2, 0.25) is 5.95 Å². The van der Waals surface area contributed by atoms with Gasteiger partial charge < -0.3 is 14.7 Å². The molecule has 0 aliphatic carbocycles. The number of aromatic hydroxyl groups is 1. The van der Waals surface area contributed by atoms with Crippen LogP contribution >= 0.6 is 0 Å². The molecule has 6 nitrogen and oxygen atoms in total. The highest BCUT2D eigenvalue weighted by atomic mass is 16.5. The first-order valence-corrected chi connectivity index (χ1v) is 8.84. The van der Waals surface area contributed by atoms with E-state index in [-0.39, 0.29) is 5.75 Å². The fourth-order valence-corrected chi connectivity index (χ4v) is 3.96. The van der Waals surface area contributed by atoms with E-state index in [4.69, 9.17) is 4.74 Å². The van der Waals surface area contributed by atoms with Crippen LogP contribution in [0.4, 0.5) is 5.95 Å². The zero-order valence-electron chi connectivity index (χ0n) is 14.7. The maximum absolute atomic E-state index is 9.98. The van der Waals surface area contributed by atoms with E-state index < -0.39 is 0 Å². The molecule has 3 heterocycles. The largest absolute Gasteiger partial charge is 0.507 e. The standard InChI is InChI=1S/C19H24N4O2/c1-13-9-22(10-14(2)23(13)16-11-25-12-16)19-20-7-15(8-21-19)17-5-3-4-6-18(17)24/h3-8,13-14,16,24H,9-12H2,1-2H3. The molecule has 1 aromatic carbocycles. The molecule has 2 aliphatic heterocycles. The Morgan fingerprint density at radius 3 is 2.24 bits per heavy atom. The molecule has 1 aromatic heterocycles. The van der Waals surface area contributed by atoms with Crippen molar-refractivity contribution in [1.29, 1.82) is 0 Å². The Bertz CT molecular complexity index is 720. The zero-order chi connectivity index (χ0) is 17.4. The van der Waals surface area contributed by atoms with Crippen LogP contribution in [0.5, 0.6) is 5.75 Å². The van der Waals surface area contributed by atoms with E-state index in [0.29, 0.717) is 18.1 Å². The van der Waals surface area contributed by atoms with Crippen LogP contribution in [0, 0.1) is 0 Å². The first kappa shape index (κ1) is 16.3. The fourth-order valence-electron chi connectivity index (χ4n) is 3.96. The molecule has 2 fully saturated rings. The van der Waals surface area contributed by atoms with Crippen molar-refractivity contribution in [3.05, 3.63) is 36.7 Å². The van der Waals surface area contributed by atoms with Crippen molar-refractivity contribution < 1.29 is 9.84 Å². The van der Waals surface area contributed by atoms with Gasteiger partial charge in [0, 0.05) is 48.7 Å². The SMILES string of the molecule is CC1CN(c2ncc(-c3ccccc3O)cn2)CC(C)N1C1COC1. The third-order valence-corrected chi connectivity index (χ3v) is 5.17. The lowest BCUT2D eigenvalue weighted by atomic mass is 10.0. The quantitative estimate of drug-likeness (QED) is 0.924. The maximum Gasteiger partial charge on any atom is 0.225 e. The van der Waals surface area contributed by atoms with Gasteiger partial charge in [-0.1, -0.05) is 18.2 Å². The van der Waals surface area contributed by atoms with Crippen molar-refractivity contribution in [3.63, 3.8) is 0 Å². The molecule has 0 saturated carbocycles. The number of aromatic nitrogens is 2. The number of hydrogen-bond acceptors (Lipinski definition) is 6. The first-order valence-electron chi connectivity index (χ1n) is 8.84. The Morgan fingerprint density at radius 2 is 1.68 bits per heavy atom. The number of phenolic OH excluding ortho intramolecular Hbond substituents is 1. The summed E-state index contributed by atoms with van der Waals surface area (Å²) in [5, 5.41) is 9.98. The molecule has 2 aliphatic rings. The summed E-state index contributed by atoms with van der Waals surface area (Å²) in [5.74, 6) is 1.000. The van der Waals surface area contributed by atoms with Gasteiger partial charge in [-0.05, 0) is 19.9 Å². The summed E-state index contributed by atoms with van der Waals surface area (Å²) >= 11 is 0. The number of ether oxygens (including phenoxy) is 1. The van der Waals surface area contributed by atoms with Gasteiger partial charge in [0.15, 0.2) is 0 Å². The Kier molecular flexibility index (Phi) is 4.31. The number of hydrogen-bond donors (Lipinski definition) is 1. The highest BCUT2D eigenvalue weighted by Crippen LogP contribution is 2.29. The average molecular weight is 340 g/mol. The monoisotopic (exact) mass is 340 g/mol. The van der Waals surface area contributed by atoms with E-state index >= 15 is 0 Å². The second-order valence-electron chi connectivity index (χ2n) is 7.03. The van der Waals surface area contributed by atoms with Gasteiger partial charge in [-0.3, -0.25) is 4.90 Å². The predicted molar refractivity (Wildman–Crippen MR) is 96.7 cm³/mol. The summed E-state index contributed by atoms with van der Waals surface area (Å²) in [4.78, 5) is 13.9. The van der Waals surface area contributed by atoms with E-state index in [1.807, 2.05) is 18.2 Å². The summed E-state index contributed by atoms with van der Waals surface area (Å²) in [5.41, 5.74) is 1.58. The fraction of sp³-hybridized carbons (Fsp3) is 0.474. The van der Waals surface area contributed by atoms with Crippen LogP contribution in [0.25, 0.3) is 11.1 Å². The molecular weight excluding hydrogens is 316 g/mol. The topological polar surface area (TPSA) is 61.7 Å². The Morgan fingerprint density at radius 1 is 1.04 bits per heavy atom. The van der Waals surface area contributed by atoms with Gasteiger partial charge in [0.25, 0.3) is 0 Å². The van der Waals surface area contributed by atoms with Crippen LogP contribution in [0.3, 0.4) is 0 Å². The second kappa shape index (κ2) is 6.61. The number of para-hydroxylation sites is 1. The van der Waals surface area contributed by atoms with E-state index in [1.54, 1.807) is 18.5 Å². The minimum absolute atomic E-state index is 0.248. The van der Waals surface area contributed by atoms with Crippen molar-refractivity contribution in [2.45, 2.75) is 32.0 Å². The van der Waals surface area contributed by atoms with E-state index in [1.165, 1.54) is 0 Å². The molecule has 2 atom stereocenters. The molecule has 2 saturated heterocycles. The zero-order valence-corrected chi connectivity index (χ0v) is 14.7. The Balaban J connectivity index is 1.50. The van der Waals surface area contributed by atoms with Crippen LogP contribution in [0.15, 0.2) is 36.7 Å². The molecule has 4 rings (SSSR count). The minimum Gasteiger partial charge on any atom is -0.507 e. The van der Waals surface area contributed by atoms with Crippen LogP contribution in [0.2, 0.25) is 0 Å². The van der Waals surface area contributed by atoms with E-state index in [2.05, 4.69) is 33.6 Å². The summed E-state index contributed by atoms with van der Waals surface area (Å²) < 4.78 is 5.36. The van der Waals surface area contributed by atoms with Crippen molar-refractivity contribution in [2.24, 2.45) is 0 Å². The van der Waals surface area contributed by atoms with Crippen LogP contribution in [-0.2, 0) is 4.74 Å². The third kappa shape index (κ3) is 3.07. The molecule has 0 spiro atoms. The molecule has 2 unspecified atom stereocenters. The Labute approximate surface area is 148 Å². The average Bonchev–Trinajstić information content (AvgIpc) is 2.57. The number of phenols is 1. The first-order chi connectivity index (χ1) is 12.1. The van der Waals surface area contributed by atoms with Crippen molar-refractivity contribution >= 4 is 5.95 Å². The van der Waals surface area contributed by atoms with Gasteiger partial charge in [-0.15, -0.1) is 0 Å². The normalized spacial score (nSPS) is 25.0. The van der Waals surface area contributed by atoms with Gasteiger partial charge in [0.1, 0.15) is 5.75 Å². The minimum atomic E-state index is 0.248. The maximum atomic E-state index is 9.98. The smallest absolute Gasteiger partial charge is 0.225 e. The van der Waals surface area contributed by atoms with Crippen molar-refractivity contribution in [1.82, 2.24) is 14.9 Å². The lowest BCUT2D eigenvalue weighted by Gasteiger charge is -2.50. The Hall–Kier alpha value is -2.18. The van der Waals surface area contributed by atoms with Crippen LogP contribution in [-0.4, -0.2) is 64.4 Å². The number of rotatable bonds is 3. The number of nitrogens with zero attached hydrogens (tertiary/aromatic N) is 4. The highest BCUT2D eigenvalue weighted by molar-refractivity contribution is 5.68. The molecule has 25 heavy (non-hydrogen) atoms. The molecule has 2 aromatic rings. The number of piperazine rings is 1. The summed E-state index contributed by atoms with van der Waals surface area (Å²) in [6.07, 6.45) is 3.58. The summed E-state index contributed by atoms with van der Waals surface area (Å²) in [6.45, 7) is 8.04. The predicted octanol–water partition coefficient (Wildman–Crippen LogP) is 2.15. The van der Waals surface area contributed by atoms with Gasteiger partial charge in [-0.2, -0.15) is 0 Å². The highest BCUT2D eigenvalue weighted by Gasteiger charge is 2.38. The van der Waals surface area contributed by atoms with Crippen molar-refractivity contribution in [3.8, 4) is 16.9 Å². The summed E-state index contributed by atoms with van der Waals surface area (Å²) in [7, 11) is 0. The summed E-state index contributed by atoms with van der Waals surface area (Å²) in [6, 6.07) is 8.70. The van der Waals surface area contributed by atoms with Gasteiger partial charge in [0.05, 0.1) is 19.3 Å². The molecule has 1 N–H and O–H groups in total. The molecule has 0 radical (unpaired) electrons. The number of anilines is 1. The van der Waals surface area contributed by atoms with Gasteiger partial charge in [-0.25, -0.2) is 9.97 Å². The van der Waals surface area contributed by atoms with E-state index in [9.17, 15) is 5.11 Å². The van der Waals surface area contributed by atoms with Crippen LogP contribution in [0.1, 0.15) is 13.8 Å². The van der Waals surface area contributed by atoms with Crippen LogP contribution < -0.4 is 4.90 Å². The van der Waals surface area contributed by atoms with E-state index in [0.717, 1.165) is 43.4 Å². The van der Waals surface area contributed by atoms with Gasteiger partial charge >= 0.3 is 0 Å². The second-order valence-corrected chi connectivity index (χ2v) is 7.03. The molecule has 6 heteroatoms. The lowest BCUT2D eigenvalue weighted by molar-refractivity contribution is -0.0941. The molecular formula is C19H24N4O2. The molecule has 132 valence electrons.